The van der Waals surface area contributed by atoms with E-state index in [0.717, 1.165) is 64.9 Å². The summed E-state index contributed by atoms with van der Waals surface area (Å²) in [6.07, 6.45) is 7.46. The van der Waals surface area contributed by atoms with Gasteiger partial charge >= 0.3 is 5.97 Å². The minimum absolute atomic E-state index is 0.0910. The maximum absolute atomic E-state index is 10.9. The number of nitrogens with one attached hydrogen (secondary N) is 1. The van der Waals surface area contributed by atoms with E-state index in [0.29, 0.717) is 5.88 Å². The van der Waals surface area contributed by atoms with Crippen LogP contribution in [0.4, 0.5) is 0 Å². The van der Waals surface area contributed by atoms with Crippen LogP contribution >= 0.6 is 0 Å². The summed E-state index contributed by atoms with van der Waals surface area (Å²) in [5.41, 5.74) is 5.60. The molecule has 0 aliphatic heterocycles. The highest BCUT2D eigenvalue weighted by Gasteiger charge is 2.24. The molecule has 5 rings (SSSR count). The number of para-hydroxylation sites is 2. The summed E-state index contributed by atoms with van der Waals surface area (Å²) in [5, 5.41) is 8.98. The summed E-state index contributed by atoms with van der Waals surface area (Å²) in [7, 11) is 0. The average molecular weight is 443 g/mol. The lowest BCUT2D eigenvalue weighted by Crippen LogP contribution is -2.25. The fourth-order valence-corrected chi connectivity index (χ4v) is 4.48. The smallest absolute Gasteiger partial charge is 0.303 e. The van der Waals surface area contributed by atoms with Gasteiger partial charge in [0.25, 0.3) is 0 Å². The highest BCUT2D eigenvalue weighted by atomic mass is 16.5. The van der Waals surface area contributed by atoms with Gasteiger partial charge in [-0.3, -0.25) is 9.78 Å². The predicted molar refractivity (Wildman–Crippen MR) is 126 cm³/mol. The van der Waals surface area contributed by atoms with Gasteiger partial charge in [0.1, 0.15) is 11.9 Å². The molecule has 1 aliphatic carbocycles. The van der Waals surface area contributed by atoms with E-state index in [-0.39, 0.29) is 18.4 Å². The van der Waals surface area contributed by atoms with Crippen LogP contribution in [-0.4, -0.2) is 37.1 Å². The average Bonchev–Trinajstić information content (AvgIpc) is 3.26. The first-order chi connectivity index (χ1) is 16.0. The molecule has 1 aromatic carbocycles. The lowest BCUT2D eigenvalue weighted by molar-refractivity contribution is -0.138. The van der Waals surface area contributed by atoms with Gasteiger partial charge in [-0.05, 0) is 68.9 Å². The third kappa shape index (κ3) is 4.72. The van der Waals surface area contributed by atoms with Crippen LogP contribution in [0.5, 0.6) is 5.88 Å². The van der Waals surface area contributed by atoms with Gasteiger partial charge in [0, 0.05) is 35.5 Å². The molecule has 33 heavy (non-hydrogen) atoms. The fraction of sp³-hybridized carbons (Fsp3) is 0.308. The largest absolute Gasteiger partial charge is 0.481 e. The molecule has 0 unspecified atom stereocenters. The summed E-state index contributed by atoms with van der Waals surface area (Å²) in [6.45, 7) is 1.99. The Morgan fingerprint density at radius 3 is 2.55 bits per heavy atom. The van der Waals surface area contributed by atoms with E-state index in [1.807, 2.05) is 55.6 Å². The second-order valence-electron chi connectivity index (χ2n) is 8.74. The number of aromatic nitrogens is 4. The molecule has 0 saturated heterocycles. The van der Waals surface area contributed by atoms with Gasteiger partial charge in [0.2, 0.25) is 5.88 Å². The highest BCUT2D eigenvalue weighted by molar-refractivity contribution is 5.79. The zero-order valence-electron chi connectivity index (χ0n) is 18.5. The number of aryl methyl sites for hydroxylation is 1. The summed E-state index contributed by atoms with van der Waals surface area (Å²) in [4.78, 5) is 28.0. The molecule has 3 aromatic heterocycles. The van der Waals surface area contributed by atoms with E-state index in [1.54, 1.807) is 6.20 Å². The van der Waals surface area contributed by atoms with Crippen LogP contribution in [0.25, 0.3) is 33.7 Å². The summed E-state index contributed by atoms with van der Waals surface area (Å²) >= 11 is 0. The standard InChI is InChI=1S/C26H26N4O3/c1-16-12-19(15-28-26(16)33-20-9-6-17(7-10-20)13-24(31)32)21-11-8-18(14-27-21)25-29-22-4-2-3-5-23(22)30-25/h2-5,8,11-12,14-15,17,20H,6-7,9-10,13H2,1H3,(H,29,30)(H,31,32). The number of carboxylic acids is 1. The highest BCUT2D eigenvalue weighted by Crippen LogP contribution is 2.31. The van der Waals surface area contributed by atoms with E-state index < -0.39 is 5.97 Å². The number of ether oxygens (including phenoxy) is 1. The molecule has 168 valence electrons. The lowest BCUT2D eigenvalue weighted by Gasteiger charge is -2.28. The van der Waals surface area contributed by atoms with Crippen LogP contribution in [0.3, 0.4) is 0 Å². The minimum Gasteiger partial charge on any atom is -0.481 e. The summed E-state index contributed by atoms with van der Waals surface area (Å²) < 4.78 is 6.14. The molecular formula is C26H26N4O3. The normalized spacial score (nSPS) is 18.3. The van der Waals surface area contributed by atoms with Crippen molar-refractivity contribution < 1.29 is 14.6 Å². The molecule has 2 N–H and O–H groups in total. The van der Waals surface area contributed by atoms with Crippen molar-refractivity contribution in [2.45, 2.75) is 45.1 Å². The Hall–Kier alpha value is -3.74. The van der Waals surface area contributed by atoms with E-state index in [4.69, 9.17) is 9.84 Å². The zero-order chi connectivity index (χ0) is 22.8. The molecule has 3 heterocycles. The molecular weight excluding hydrogens is 416 g/mol. The SMILES string of the molecule is Cc1cc(-c2ccc(-c3nc4ccccc4[nH]3)cn2)cnc1OC1CCC(CC(=O)O)CC1. The van der Waals surface area contributed by atoms with E-state index in [9.17, 15) is 4.79 Å². The number of aromatic amines is 1. The van der Waals surface area contributed by atoms with Gasteiger partial charge in [-0.25, -0.2) is 9.97 Å². The molecule has 0 amide bonds. The Morgan fingerprint density at radius 1 is 1.06 bits per heavy atom. The molecule has 7 heteroatoms. The van der Waals surface area contributed by atoms with Gasteiger partial charge in [0.05, 0.1) is 16.7 Å². The number of aliphatic carboxylic acids is 1. The molecule has 0 spiro atoms. The van der Waals surface area contributed by atoms with Crippen molar-refractivity contribution in [1.82, 2.24) is 19.9 Å². The second kappa shape index (κ2) is 9.02. The van der Waals surface area contributed by atoms with Crippen molar-refractivity contribution in [3.8, 4) is 28.5 Å². The Kier molecular flexibility index (Phi) is 5.77. The number of pyridine rings is 2. The van der Waals surface area contributed by atoms with Gasteiger partial charge in [-0.2, -0.15) is 0 Å². The molecule has 1 aliphatic rings. The number of carbonyl (C=O) groups is 1. The first kappa shape index (κ1) is 21.1. The summed E-state index contributed by atoms with van der Waals surface area (Å²) in [6, 6.07) is 14.0. The maximum Gasteiger partial charge on any atom is 0.303 e. The number of fused-ring (bicyclic) bond motifs is 1. The van der Waals surface area contributed by atoms with Gasteiger partial charge in [-0.15, -0.1) is 0 Å². The third-order valence-electron chi connectivity index (χ3n) is 6.29. The Labute approximate surface area is 191 Å². The van der Waals surface area contributed by atoms with Gasteiger partial charge in [0.15, 0.2) is 0 Å². The maximum atomic E-state index is 10.9. The Bertz CT molecular complexity index is 1240. The lowest BCUT2D eigenvalue weighted by atomic mass is 9.85. The van der Waals surface area contributed by atoms with Crippen molar-refractivity contribution in [2.75, 3.05) is 0 Å². The summed E-state index contributed by atoms with van der Waals surface area (Å²) in [5.74, 6) is 0.977. The van der Waals surface area contributed by atoms with Crippen molar-refractivity contribution in [3.63, 3.8) is 0 Å². The number of benzene rings is 1. The first-order valence-electron chi connectivity index (χ1n) is 11.3. The van der Waals surface area contributed by atoms with Crippen LogP contribution < -0.4 is 4.74 Å². The van der Waals surface area contributed by atoms with Crippen LogP contribution in [-0.2, 0) is 4.79 Å². The number of carboxylic acid groups (broad SMARTS) is 1. The number of H-pyrrole nitrogens is 1. The number of hydrogen-bond acceptors (Lipinski definition) is 5. The topological polar surface area (TPSA) is 101 Å². The van der Waals surface area contributed by atoms with Crippen LogP contribution in [0.1, 0.15) is 37.7 Å². The van der Waals surface area contributed by atoms with E-state index in [2.05, 4.69) is 19.9 Å². The van der Waals surface area contributed by atoms with Gasteiger partial charge in [-0.1, -0.05) is 12.1 Å². The van der Waals surface area contributed by atoms with Crippen molar-refractivity contribution in [1.29, 1.82) is 0 Å². The molecule has 0 bridgehead atoms. The molecule has 0 radical (unpaired) electrons. The van der Waals surface area contributed by atoms with E-state index in [1.165, 1.54) is 0 Å². The van der Waals surface area contributed by atoms with Crippen LogP contribution in [0.2, 0.25) is 0 Å². The molecule has 0 atom stereocenters. The minimum atomic E-state index is -0.716. The van der Waals surface area contributed by atoms with Gasteiger partial charge < -0.3 is 14.8 Å². The number of nitrogens with zero attached hydrogens (tertiary/aromatic N) is 3. The Balaban J connectivity index is 1.26. The van der Waals surface area contributed by atoms with Crippen molar-refractivity contribution >= 4 is 17.0 Å². The molecule has 1 saturated carbocycles. The van der Waals surface area contributed by atoms with E-state index >= 15 is 0 Å². The number of rotatable bonds is 6. The van der Waals surface area contributed by atoms with Crippen molar-refractivity contribution in [2.24, 2.45) is 5.92 Å². The fourth-order valence-electron chi connectivity index (χ4n) is 4.48. The monoisotopic (exact) mass is 442 g/mol. The Morgan fingerprint density at radius 2 is 1.85 bits per heavy atom. The van der Waals surface area contributed by atoms with Crippen molar-refractivity contribution in [3.05, 3.63) is 60.4 Å². The van der Waals surface area contributed by atoms with Crippen LogP contribution in [0.15, 0.2) is 54.9 Å². The number of imidazole rings is 1. The zero-order valence-corrected chi connectivity index (χ0v) is 18.5. The molecule has 4 aromatic rings. The predicted octanol–water partition coefficient (Wildman–Crippen LogP) is 5.41. The first-order valence-corrected chi connectivity index (χ1v) is 11.3. The molecule has 7 nitrogen and oxygen atoms in total. The molecule has 1 fully saturated rings. The second-order valence-corrected chi connectivity index (χ2v) is 8.74. The quantitative estimate of drug-likeness (QED) is 0.414. The third-order valence-corrected chi connectivity index (χ3v) is 6.29. The number of hydrogen-bond donors (Lipinski definition) is 2. The van der Waals surface area contributed by atoms with Crippen LogP contribution in [0, 0.1) is 12.8 Å².